The molecule has 0 saturated carbocycles. The van der Waals surface area contributed by atoms with Crippen molar-refractivity contribution in [2.24, 2.45) is 0 Å². The molecule has 8 nitrogen and oxygen atoms in total. The summed E-state index contributed by atoms with van der Waals surface area (Å²) in [5, 5.41) is 14.0. The van der Waals surface area contributed by atoms with Gasteiger partial charge in [-0.1, -0.05) is 237 Å². The topological polar surface area (TPSA) is 108 Å². The van der Waals surface area contributed by atoms with Gasteiger partial charge in [0, 0.05) is 6.42 Å². The predicted octanol–water partition coefficient (Wildman–Crippen LogP) is 15.4. The molecular weight excluding hydrogens is 804 g/mol. The van der Waals surface area contributed by atoms with Crippen LogP contribution in [0.5, 0.6) is 0 Å². The van der Waals surface area contributed by atoms with Gasteiger partial charge in [0.15, 0.2) is 0 Å². The van der Waals surface area contributed by atoms with Crippen molar-refractivity contribution in [1.82, 2.24) is 5.32 Å². The number of aliphatic hydroxyl groups is 1. The van der Waals surface area contributed by atoms with Gasteiger partial charge in [0.2, 0.25) is 5.91 Å². The molecule has 0 heterocycles. The first-order valence-electron chi connectivity index (χ1n) is 27.2. The lowest BCUT2D eigenvalue weighted by Crippen LogP contribution is -2.46. The van der Waals surface area contributed by atoms with Crippen LogP contribution in [0.3, 0.4) is 0 Å². The molecule has 0 rings (SSSR count). The molecule has 374 valence electrons. The molecule has 0 aromatic carbocycles. The highest BCUT2D eigenvalue weighted by molar-refractivity contribution is 7.45. The van der Waals surface area contributed by atoms with E-state index in [4.69, 9.17) is 9.05 Å². The minimum Gasteiger partial charge on any atom is -0.756 e. The normalized spacial score (nSPS) is 14.2. The van der Waals surface area contributed by atoms with Gasteiger partial charge in [-0.3, -0.25) is 9.36 Å². The summed E-state index contributed by atoms with van der Waals surface area (Å²) in [5.74, 6) is -0.166. The average Bonchev–Trinajstić information content (AvgIpc) is 3.24. The monoisotopic (exact) mass is 911 g/mol. The Morgan fingerprint density at radius 1 is 0.556 bits per heavy atom. The highest BCUT2D eigenvalue weighted by Crippen LogP contribution is 2.38. The van der Waals surface area contributed by atoms with Gasteiger partial charge < -0.3 is 28.8 Å². The third-order valence-corrected chi connectivity index (χ3v) is 13.4. The molecular formula is C54H107N2O6P. The van der Waals surface area contributed by atoms with Gasteiger partial charge in [-0.25, -0.2) is 0 Å². The number of carbonyl (C=O) groups excluding carboxylic acids is 1. The third-order valence-electron chi connectivity index (χ3n) is 12.4. The van der Waals surface area contributed by atoms with Gasteiger partial charge in [0.25, 0.3) is 7.82 Å². The average molecular weight is 911 g/mol. The fourth-order valence-electron chi connectivity index (χ4n) is 8.13. The van der Waals surface area contributed by atoms with E-state index in [-0.39, 0.29) is 19.1 Å². The van der Waals surface area contributed by atoms with E-state index in [0.717, 1.165) is 44.9 Å². The summed E-state index contributed by atoms with van der Waals surface area (Å²) in [5.41, 5.74) is 0. The molecule has 0 aliphatic rings. The van der Waals surface area contributed by atoms with Crippen molar-refractivity contribution in [3.63, 3.8) is 0 Å². The number of quaternary nitrogens is 1. The number of nitrogens with zero attached hydrogens (tertiary/aromatic N) is 1. The number of rotatable bonds is 50. The first kappa shape index (κ1) is 62.0. The summed E-state index contributed by atoms with van der Waals surface area (Å²) in [4.78, 5) is 25.5. The molecule has 2 N–H and O–H groups in total. The maximum absolute atomic E-state index is 13.0. The Morgan fingerprint density at radius 3 is 1.32 bits per heavy atom. The zero-order chi connectivity index (χ0) is 46.4. The number of hydrogen-bond donors (Lipinski definition) is 2. The first-order valence-corrected chi connectivity index (χ1v) is 28.6. The Bertz CT molecular complexity index is 1080. The number of unbranched alkanes of at least 4 members (excludes halogenated alkanes) is 33. The number of phosphoric ester groups is 1. The van der Waals surface area contributed by atoms with Crippen LogP contribution in [0, 0.1) is 0 Å². The second-order valence-electron chi connectivity index (χ2n) is 19.9. The fraction of sp³-hybridized carbons (Fsp3) is 0.907. The molecule has 0 radical (unpaired) electrons. The maximum Gasteiger partial charge on any atom is 0.268 e. The Morgan fingerprint density at radius 2 is 0.921 bits per heavy atom. The van der Waals surface area contributed by atoms with E-state index in [1.54, 1.807) is 0 Å². The molecule has 3 unspecified atom stereocenters. The first-order chi connectivity index (χ1) is 30.5. The van der Waals surface area contributed by atoms with Crippen LogP contribution in [0.1, 0.15) is 264 Å². The van der Waals surface area contributed by atoms with Crippen LogP contribution >= 0.6 is 7.82 Å². The van der Waals surface area contributed by atoms with Gasteiger partial charge in [0.05, 0.1) is 39.9 Å². The zero-order valence-corrected chi connectivity index (χ0v) is 43.4. The number of amides is 1. The molecule has 63 heavy (non-hydrogen) atoms. The lowest BCUT2D eigenvalue weighted by atomic mass is 10.0. The standard InChI is InChI=1S/C54H107N2O6P/c1-6-8-10-12-14-16-18-20-22-24-26-28-30-32-34-36-38-40-42-44-46-48-54(58)55-52(51-62-63(59,60)61-50-49-56(3,4)5)53(57)47-45-43-41-39-37-35-33-31-29-27-25-23-21-19-17-15-13-11-9-7-2/h18,20,24,26,52-53,57H,6-17,19,21-23,25,27-51H2,1-5H3,(H-,55,58,59,60)/b20-18-,26-24-. The van der Waals surface area contributed by atoms with Gasteiger partial charge in [-0.15, -0.1) is 0 Å². The molecule has 1 amide bonds. The molecule has 0 aliphatic heterocycles. The largest absolute Gasteiger partial charge is 0.756 e. The van der Waals surface area contributed by atoms with Crippen LogP contribution in [0.25, 0.3) is 0 Å². The number of carbonyl (C=O) groups is 1. The minimum absolute atomic E-state index is 0.0124. The van der Waals surface area contributed by atoms with E-state index in [9.17, 15) is 19.4 Å². The SMILES string of the molecule is CCCCCCC/C=C\C/C=C\CCCCCCCCCCCC(=O)NC(COP(=O)([O-])OCC[N+](C)(C)C)C(O)CCCCCCCCCCCCCCCCCCCCCC. The summed E-state index contributed by atoms with van der Waals surface area (Å²) in [6.07, 6.45) is 56.2. The Labute approximate surface area is 392 Å². The molecule has 0 aromatic rings. The summed E-state index contributed by atoms with van der Waals surface area (Å²) in [7, 11) is 1.31. The number of hydrogen-bond acceptors (Lipinski definition) is 6. The lowest BCUT2D eigenvalue weighted by Gasteiger charge is -2.30. The second-order valence-corrected chi connectivity index (χ2v) is 21.4. The van der Waals surface area contributed by atoms with Crippen molar-refractivity contribution in [2.75, 3.05) is 40.9 Å². The highest BCUT2D eigenvalue weighted by atomic mass is 31.2. The Kier molecular flexibility index (Phi) is 45.4. The number of allylic oxidation sites excluding steroid dienone is 4. The van der Waals surface area contributed by atoms with E-state index in [1.165, 1.54) is 193 Å². The van der Waals surface area contributed by atoms with Crippen LogP contribution in [0.15, 0.2) is 24.3 Å². The molecule has 0 aliphatic carbocycles. The van der Waals surface area contributed by atoms with Crippen LogP contribution in [-0.4, -0.2) is 68.5 Å². The summed E-state index contributed by atoms with van der Waals surface area (Å²) in [6.45, 7) is 4.74. The van der Waals surface area contributed by atoms with Crippen molar-refractivity contribution in [3.8, 4) is 0 Å². The lowest BCUT2D eigenvalue weighted by molar-refractivity contribution is -0.870. The molecule has 0 saturated heterocycles. The second kappa shape index (κ2) is 46.1. The Balaban J connectivity index is 4.22. The minimum atomic E-state index is -4.57. The number of likely N-dealkylation sites (N-methyl/N-ethyl adjacent to an activating group) is 1. The highest BCUT2D eigenvalue weighted by Gasteiger charge is 2.24. The zero-order valence-electron chi connectivity index (χ0n) is 42.5. The van der Waals surface area contributed by atoms with Gasteiger partial charge in [0.1, 0.15) is 13.2 Å². The molecule has 0 spiro atoms. The molecule has 0 aromatic heterocycles. The smallest absolute Gasteiger partial charge is 0.268 e. The van der Waals surface area contributed by atoms with Crippen LogP contribution in [-0.2, 0) is 18.4 Å². The van der Waals surface area contributed by atoms with Crippen molar-refractivity contribution in [2.45, 2.75) is 276 Å². The quantitative estimate of drug-likeness (QED) is 0.0272. The molecule has 9 heteroatoms. The van der Waals surface area contributed by atoms with Gasteiger partial charge in [-0.2, -0.15) is 0 Å². The van der Waals surface area contributed by atoms with Crippen molar-refractivity contribution in [1.29, 1.82) is 0 Å². The van der Waals surface area contributed by atoms with Crippen molar-refractivity contribution in [3.05, 3.63) is 24.3 Å². The molecule has 0 bridgehead atoms. The summed E-state index contributed by atoms with van der Waals surface area (Å²) < 4.78 is 23.4. The van der Waals surface area contributed by atoms with E-state index in [0.29, 0.717) is 23.9 Å². The van der Waals surface area contributed by atoms with E-state index in [1.807, 2.05) is 21.1 Å². The fourth-order valence-corrected chi connectivity index (χ4v) is 8.85. The third kappa shape index (κ3) is 48.7. The summed E-state index contributed by atoms with van der Waals surface area (Å²) in [6, 6.07) is -0.802. The van der Waals surface area contributed by atoms with Crippen LogP contribution in [0.2, 0.25) is 0 Å². The summed E-state index contributed by atoms with van der Waals surface area (Å²) >= 11 is 0. The molecule has 3 atom stereocenters. The van der Waals surface area contributed by atoms with Crippen molar-refractivity contribution >= 4 is 13.7 Å². The van der Waals surface area contributed by atoms with Crippen molar-refractivity contribution < 1.29 is 32.9 Å². The van der Waals surface area contributed by atoms with E-state index < -0.39 is 20.0 Å². The maximum atomic E-state index is 13.0. The Hall–Kier alpha value is -1.02. The number of aliphatic hydroxyl groups excluding tert-OH is 1. The van der Waals surface area contributed by atoms with E-state index in [2.05, 4.69) is 43.5 Å². The molecule has 0 fully saturated rings. The number of nitrogens with one attached hydrogen (secondary N) is 1. The van der Waals surface area contributed by atoms with Crippen LogP contribution < -0.4 is 10.2 Å². The van der Waals surface area contributed by atoms with E-state index >= 15 is 0 Å². The van der Waals surface area contributed by atoms with Gasteiger partial charge in [-0.05, 0) is 44.9 Å². The van der Waals surface area contributed by atoms with Crippen LogP contribution in [0.4, 0.5) is 0 Å². The van der Waals surface area contributed by atoms with Gasteiger partial charge >= 0.3 is 0 Å². The number of phosphoric acid groups is 1. The predicted molar refractivity (Wildman–Crippen MR) is 270 cm³/mol.